The van der Waals surface area contributed by atoms with Crippen molar-refractivity contribution in [3.63, 3.8) is 0 Å². The van der Waals surface area contributed by atoms with Crippen LogP contribution in [0.15, 0.2) is 41.0 Å². The van der Waals surface area contributed by atoms with Gasteiger partial charge < -0.3 is 9.73 Å². The molecule has 0 aliphatic carbocycles. The molecule has 1 aliphatic heterocycles. The monoisotopic (exact) mass is 253 g/mol. The molecule has 2 N–H and O–H groups in total. The number of nitrogens with one attached hydrogen (secondary N) is 2. The lowest BCUT2D eigenvalue weighted by molar-refractivity contribution is 0.616. The molecular formula is C15H15N3O. The van der Waals surface area contributed by atoms with Gasteiger partial charge in [0, 0.05) is 17.0 Å². The highest BCUT2D eigenvalue weighted by molar-refractivity contribution is 5.92. The number of aromatic nitrogens is 2. The predicted octanol–water partition coefficient (Wildman–Crippen LogP) is 3.25. The van der Waals surface area contributed by atoms with Crippen LogP contribution in [0.4, 0.5) is 0 Å². The molecular weight excluding hydrogens is 238 g/mol. The summed E-state index contributed by atoms with van der Waals surface area (Å²) in [5.74, 6) is 0. The maximum Gasteiger partial charge on any atom is 0.134 e. The van der Waals surface area contributed by atoms with Crippen LogP contribution < -0.4 is 5.32 Å². The van der Waals surface area contributed by atoms with E-state index >= 15 is 0 Å². The molecule has 96 valence electrons. The van der Waals surface area contributed by atoms with E-state index in [9.17, 15) is 0 Å². The van der Waals surface area contributed by atoms with E-state index < -0.39 is 0 Å². The van der Waals surface area contributed by atoms with Crippen molar-refractivity contribution in [3.05, 3.63) is 42.3 Å². The van der Waals surface area contributed by atoms with Gasteiger partial charge in [0.25, 0.3) is 0 Å². The van der Waals surface area contributed by atoms with Gasteiger partial charge in [-0.3, -0.25) is 5.10 Å². The first-order valence-corrected chi connectivity index (χ1v) is 6.67. The van der Waals surface area contributed by atoms with Gasteiger partial charge in [0.1, 0.15) is 11.8 Å². The van der Waals surface area contributed by atoms with E-state index in [4.69, 9.17) is 4.42 Å². The smallest absolute Gasteiger partial charge is 0.134 e. The van der Waals surface area contributed by atoms with Crippen molar-refractivity contribution in [1.82, 2.24) is 15.5 Å². The Bertz CT molecular complexity index is 707. The van der Waals surface area contributed by atoms with Crippen LogP contribution in [0.25, 0.3) is 22.2 Å². The number of H-pyrrole nitrogens is 1. The molecule has 19 heavy (non-hydrogen) atoms. The molecule has 1 atom stereocenters. The fraction of sp³-hybridized carbons (Fsp3) is 0.267. The molecule has 1 saturated heterocycles. The molecule has 4 heteroatoms. The van der Waals surface area contributed by atoms with Gasteiger partial charge in [-0.25, -0.2) is 0 Å². The van der Waals surface area contributed by atoms with Gasteiger partial charge in [-0.1, -0.05) is 18.2 Å². The minimum absolute atomic E-state index is 0.416. The first-order chi connectivity index (χ1) is 9.42. The largest absolute Gasteiger partial charge is 0.464 e. The number of benzene rings is 1. The third kappa shape index (κ3) is 1.76. The Balaban J connectivity index is 1.76. The summed E-state index contributed by atoms with van der Waals surface area (Å²) >= 11 is 0. The van der Waals surface area contributed by atoms with Crippen molar-refractivity contribution in [1.29, 1.82) is 0 Å². The van der Waals surface area contributed by atoms with Crippen LogP contribution in [-0.4, -0.2) is 16.7 Å². The van der Waals surface area contributed by atoms with Gasteiger partial charge in [-0.2, -0.15) is 5.10 Å². The van der Waals surface area contributed by atoms with Crippen LogP contribution >= 0.6 is 0 Å². The Morgan fingerprint density at radius 1 is 1.26 bits per heavy atom. The van der Waals surface area contributed by atoms with Crippen LogP contribution in [-0.2, 0) is 0 Å². The first kappa shape index (κ1) is 10.8. The first-order valence-electron chi connectivity index (χ1n) is 6.67. The zero-order valence-electron chi connectivity index (χ0n) is 10.5. The Morgan fingerprint density at radius 2 is 2.21 bits per heavy atom. The minimum atomic E-state index is 0.416. The average molecular weight is 253 g/mol. The number of fused-ring (bicyclic) bond motifs is 1. The fourth-order valence-corrected chi connectivity index (χ4v) is 2.78. The van der Waals surface area contributed by atoms with Gasteiger partial charge in [0.15, 0.2) is 0 Å². The predicted molar refractivity (Wildman–Crippen MR) is 73.8 cm³/mol. The average Bonchev–Trinajstić information content (AvgIpc) is 3.18. The summed E-state index contributed by atoms with van der Waals surface area (Å²) in [4.78, 5) is 0. The summed E-state index contributed by atoms with van der Waals surface area (Å²) in [6, 6.07) is 10.6. The van der Waals surface area contributed by atoms with Crippen molar-refractivity contribution >= 4 is 11.0 Å². The van der Waals surface area contributed by atoms with Crippen LogP contribution in [0, 0.1) is 0 Å². The van der Waals surface area contributed by atoms with Gasteiger partial charge in [0.2, 0.25) is 0 Å². The number of hydrogen-bond donors (Lipinski definition) is 2. The van der Waals surface area contributed by atoms with Gasteiger partial charge in [0.05, 0.1) is 11.4 Å². The number of hydrogen-bond acceptors (Lipinski definition) is 3. The zero-order valence-corrected chi connectivity index (χ0v) is 10.5. The molecule has 4 rings (SSSR count). The lowest BCUT2D eigenvalue weighted by Gasteiger charge is -2.05. The normalized spacial score (nSPS) is 19.3. The standard InChI is InChI=1S/C15H15N3O/c1-2-6-15-10(4-1)11(9-19-15)13-8-14(18-17-13)12-5-3-7-16-12/h1-2,4,6,8-9,12,16H,3,5,7H2,(H,17,18). The van der Waals surface area contributed by atoms with Crippen LogP contribution in [0.1, 0.15) is 24.6 Å². The maximum atomic E-state index is 5.57. The lowest BCUT2D eigenvalue weighted by atomic mass is 10.1. The number of furan rings is 1. The summed E-state index contributed by atoms with van der Waals surface area (Å²) in [5, 5.41) is 12.2. The Labute approximate surface area is 110 Å². The van der Waals surface area contributed by atoms with Crippen LogP contribution in [0.2, 0.25) is 0 Å². The van der Waals surface area contributed by atoms with Crippen molar-refractivity contribution in [2.45, 2.75) is 18.9 Å². The molecule has 2 aromatic heterocycles. The van der Waals surface area contributed by atoms with E-state index in [0.29, 0.717) is 6.04 Å². The van der Waals surface area contributed by atoms with Crippen molar-refractivity contribution in [2.24, 2.45) is 0 Å². The van der Waals surface area contributed by atoms with Gasteiger partial charge in [-0.15, -0.1) is 0 Å². The topological polar surface area (TPSA) is 53.9 Å². The molecule has 0 amide bonds. The van der Waals surface area contributed by atoms with E-state index in [-0.39, 0.29) is 0 Å². The molecule has 0 saturated carbocycles. The van der Waals surface area contributed by atoms with Crippen molar-refractivity contribution in [2.75, 3.05) is 6.54 Å². The number of nitrogens with zero attached hydrogens (tertiary/aromatic N) is 1. The van der Waals surface area contributed by atoms with Crippen LogP contribution in [0.3, 0.4) is 0 Å². The SMILES string of the molecule is c1ccc2c(-c3cc(C4CCCN4)[nH]n3)coc2c1. The Kier molecular flexibility index (Phi) is 2.42. The second-order valence-corrected chi connectivity index (χ2v) is 5.00. The second kappa shape index (κ2) is 4.24. The maximum absolute atomic E-state index is 5.57. The highest BCUT2D eigenvalue weighted by Gasteiger charge is 2.19. The number of aromatic amines is 1. The van der Waals surface area contributed by atoms with Gasteiger partial charge >= 0.3 is 0 Å². The van der Waals surface area contributed by atoms with Crippen molar-refractivity contribution in [3.8, 4) is 11.3 Å². The molecule has 0 spiro atoms. The summed E-state index contributed by atoms with van der Waals surface area (Å²) in [6.45, 7) is 1.09. The quantitative estimate of drug-likeness (QED) is 0.737. The molecule has 0 radical (unpaired) electrons. The lowest BCUT2D eigenvalue weighted by Crippen LogP contribution is -2.12. The van der Waals surface area contributed by atoms with E-state index in [1.807, 2.05) is 18.2 Å². The minimum Gasteiger partial charge on any atom is -0.464 e. The third-order valence-electron chi connectivity index (χ3n) is 3.79. The van der Waals surface area contributed by atoms with Crippen LogP contribution in [0.5, 0.6) is 0 Å². The Hall–Kier alpha value is -2.07. The molecule has 3 heterocycles. The molecule has 1 aliphatic rings. The molecule has 0 bridgehead atoms. The molecule has 3 aromatic rings. The molecule has 1 fully saturated rings. The zero-order chi connectivity index (χ0) is 12.7. The Morgan fingerprint density at radius 3 is 3.11 bits per heavy atom. The van der Waals surface area contributed by atoms with E-state index in [0.717, 1.165) is 34.5 Å². The fourth-order valence-electron chi connectivity index (χ4n) is 2.78. The summed E-state index contributed by atoms with van der Waals surface area (Å²) < 4.78 is 5.57. The van der Waals surface area contributed by atoms with Crippen molar-refractivity contribution < 1.29 is 4.42 Å². The highest BCUT2D eigenvalue weighted by Crippen LogP contribution is 2.31. The molecule has 1 aromatic carbocycles. The molecule has 1 unspecified atom stereocenters. The summed E-state index contributed by atoms with van der Waals surface area (Å²) in [7, 11) is 0. The summed E-state index contributed by atoms with van der Waals surface area (Å²) in [5.41, 5.74) is 4.07. The highest BCUT2D eigenvalue weighted by atomic mass is 16.3. The third-order valence-corrected chi connectivity index (χ3v) is 3.79. The number of para-hydroxylation sites is 1. The summed E-state index contributed by atoms with van der Waals surface area (Å²) in [6.07, 6.45) is 4.19. The van der Waals surface area contributed by atoms with E-state index in [1.165, 1.54) is 12.8 Å². The van der Waals surface area contributed by atoms with E-state index in [2.05, 4.69) is 27.6 Å². The van der Waals surface area contributed by atoms with E-state index in [1.54, 1.807) is 6.26 Å². The molecule has 4 nitrogen and oxygen atoms in total. The number of rotatable bonds is 2. The van der Waals surface area contributed by atoms with Gasteiger partial charge in [-0.05, 0) is 31.5 Å². The second-order valence-electron chi connectivity index (χ2n) is 5.00.